The van der Waals surface area contributed by atoms with Crippen LogP contribution >= 0.6 is 24.0 Å². The zero-order valence-corrected chi connectivity index (χ0v) is 15.3. The molecule has 4 heteroatoms. The molecule has 0 aromatic heterocycles. The number of benzene rings is 1. The van der Waals surface area contributed by atoms with Crippen LogP contribution in [0.5, 0.6) is 0 Å². The first-order chi connectivity index (χ1) is 8.92. The summed E-state index contributed by atoms with van der Waals surface area (Å²) in [5.74, 6) is 1.23. The quantitative estimate of drug-likeness (QED) is 0.444. The first kappa shape index (κ1) is 19.2. The van der Waals surface area contributed by atoms with Crippen LogP contribution in [0.4, 0.5) is 0 Å². The summed E-state index contributed by atoms with van der Waals surface area (Å²) in [6.45, 7) is 10.4. The lowest BCUT2D eigenvalue weighted by molar-refractivity contribution is 0.536. The minimum Gasteiger partial charge on any atom is -0.370 e. The van der Waals surface area contributed by atoms with Crippen molar-refractivity contribution in [3.63, 3.8) is 0 Å². The lowest BCUT2D eigenvalue weighted by Crippen LogP contribution is -2.34. The van der Waals surface area contributed by atoms with Crippen LogP contribution in [-0.4, -0.2) is 19.0 Å². The summed E-state index contributed by atoms with van der Waals surface area (Å²) < 4.78 is 0. The number of guanidine groups is 1. The van der Waals surface area contributed by atoms with Crippen LogP contribution in [0.2, 0.25) is 0 Å². The van der Waals surface area contributed by atoms with Crippen LogP contribution in [0, 0.1) is 5.92 Å². The molecule has 0 radical (unpaired) electrons. The Balaban J connectivity index is 0.00000361. The molecule has 0 aliphatic heterocycles. The molecule has 3 N–H and O–H groups in total. The molecule has 0 atom stereocenters. The first-order valence-electron chi connectivity index (χ1n) is 7.01. The molecule has 0 amide bonds. The van der Waals surface area contributed by atoms with Crippen LogP contribution in [0.1, 0.15) is 39.7 Å². The highest BCUT2D eigenvalue weighted by Crippen LogP contribution is 2.22. The molecule has 0 aliphatic rings. The van der Waals surface area contributed by atoms with E-state index in [0.29, 0.717) is 18.4 Å². The van der Waals surface area contributed by atoms with Crippen molar-refractivity contribution in [2.75, 3.05) is 13.1 Å². The second-order valence-corrected chi connectivity index (χ2v) is 6.06. The van der Waals surface area contributed by atoms with Crippen LogP contribution in [0.15, 0.2) is 35.3 Å². The van der Waals surface area contributed by atoms with Gasteiger partial charge < -0.3 is 11.1 Å². The second kappa shape index (κ2) is 9.21. The first-order valence-corrected chi connectivity index (χ1v) is 7.01. The van der Waals surface area contributed by atoms with Gasteiger partial charge in [0, 0.05) is 12.0 Å². The highest BCUT2D eigenvalue weighted by atomic mass is 127. The minimum absolute atomic E-state index is 0. The molecular weight excluding hydrogens is 361 g/mol. The van der Waals surface area contributed by atoms with Crippen LogP contribution in [0.25, 0.3) is 0 Å². The summed E-state index contributed by atoms with van der Waals surface area (Å²) >= 11 is 0. The smallest absolute Gasteiger partial charge is 0.188 e. The lowest BCUT2D eigenvalue weighted by Gasteiger charge is -2.23. The molecule has 1 aromatic rings. The van der Waals surface area contributed by atoms with Gasteiger partial charge in [0.25, 0.3) is 0 Å². The summed E-state index contributed by atoms with van der Waals surface area (Å²) in [4.78, 5) is 4.45. The molecule has 114 valence electrons. The van der Waals surface area contributed by atoms with E-state index >= 15 is 0 Å². The third-order valence-corrected chi connectivity index (χ3v) is 3.23. The Morgan fingerprint density at radius 1 is 1.25 bits per heavy atom. The summed E-state index contributed by atoms with van der Waals surface area (Å²) in [5, 5.41) is 3.17. The fourth-order valence-electron chi connectivity index (χ4n) is 1.81. The van der Waals surface area contributed by atoms with Crippen molar-refractivity contribution < 1.29 is 0 Å². The lowest BCUT2D eigenvalue weighted by atomic mass is 9.85. The fraction of sp³-hybridized carbons (Fsp3) is 0.562. The van der Waals surface area contributed by atoms with Crippen molar-refractivity contribution in [3.8, 4) is 0 Å². The van der Waals surface area contributed by atoms with Crippen LogP contribution in [0.3, 0.4) is 0 Å². The Morgan fingerprint density at radius 3 is 2.40 bits per heavy atom. The average Bonchev–Trinajstić information content (AvgIpc) is 2.37. The van der Waals surface area contributed by atoms with Crippen molar-refractivity contribution in [2.45, 2.75) is 39.5 Å². The predicted octanol–water partition coefficient (Wildman–Crippen LogP) is 3.53. The van der Waals surface area contributed by atoms with E-state index in [9.17, 15) is 0 Å². The normalized spacial score (nSPS) is 12.2. The molecule has 0 aliphatic carbocycles. The van der Waals surface area contributed by atoms with Gasteiger partial charge in [-0.2, -0.15) is 0 Å². The Morgan fingerprint density at radius 2 is 1.85 bits per heavy atom. The molecule has 3 nitrogen and oxygen atoms in total. The number of nitrogens with zero attached hydrogens (tertiary/aromatic N) is 1. The van der Waals surface area contributed by atoms with E-state index in [-0.39, 0.29) is 29.4 Å². The topological polar surface area (TPSA) is 50.4 Å². The maximum absolute atomic E-state index is 5.88. The molecule has 0 spiro atoms. The van der Waals surface area contributed by atoms with Crippen molar-refractivity contribution in [1.82, 2.24) is 5.32 Å². The van der Waals surface area contributed by atoms with Crippen LogP contribution < -0.4 is 11.1 Å². The second-order valence-electron chi connectivity index (χ2n) is 6.06. The molecule has 0 saturated carbocycles. The summed E-state index contributed by atoms with van der Waals surface area (Å²) in [7, 11) is 0. The maximum Gasteiger partial charge on any atom is 0.188 e. The number of hydrogen-bond donors (Lipinski definition) is 2. The van der Waals surface area contributed by atoms with Gasteiger partial charge in [0.2, 0.25) is 0 Å². The number of nitrogens with one attached hydrogen (secondary N) is 1. The van der Waals surface area contributed by atoms with Crippen molar-refractivity contribution in [2.24, 2.45) is 16.6 Å². The number of hydrogen-bond acceptors (Lipinski definition) is 1. The van der Waals surface area contributed by atoms with E-state index < -0.39 is 0 Å². The van der Waals surface area contributed by atoms with Gasteiger partial charge in [0.05, 0.1) is 6.54 Å². The molecule has 0 fully saturated rings. The predicted molar refractivity (Wildman–Crippen MR) is 98.8 cm³/mol. The summed E-state index contributed by atoms with van der Waals surface area (Å²) in [6, 6.07) is 10.4. The third kappa shape index (κ3) is 7.12. The molecule has 0 saturated heterocycles. The van der Waals surface area contributed by atoms with Gasteiger partial charge in [0.1, 0.15) is 0 Å². The van der Waals surface area contributed by atoms with E-state index in [1.54, 1.807) is 0 Å². The van der Waals surface area contributed by atoms with E-state index in [2.05, 4.69) is 62.3 Å². The Kier molecular flexibility index (Phi) is 8.85. The summed E-state index contributed by atoms with van der Waals surface area (Å²) in [6.07, 6.45) is 1.11. The SMILES string of the molecule is CC(C)CCNC(N)=NCC(C)(C)c1ccccc1.I. The van der Waals surface area contributed by atoms with Crippen molar-refractivity contribution >= 4 is 29.9 Å². The van der Waals surface area contributed by atoms with Gasteiger partial charge in [-0.1, -0.05) is 58.0 Å². The Labute approximate surface area is 140 Å². The summed E-state index contributed by atoms with van der Waals surface area (Å²) in [5.41, 5.74) is 7.18. The maximum atomic E-state index is 5.88. The Bertz CT molecular complexity index is 399. The van der Waals surface area contributed by atoms with Gasteiger partial charge in [-0.15, -0.1) is 24.0 Å². The van der Waals surface area contributed by atoms with Gasteiger partial charge in [-0.25, -0.2) is 0 Å². The molecule has 20 heavy (non-hydrogen) atoms. The third-order valence-electron chi connectivity index (χ3n) is 3.23. The molecule has 1 rings (SSSR count). The van der Waals surface area contributed by atoms with E-state index in [1.807, 2.05) is 6.07 Å². The minimum atomic E-state index is 0. The monoisotopic (exact) mass is 389 g/mol. The Hall–Kier alpha value is -0.780. The zero-order valence-electron chi connectivity index (χ0n) is 13.0. The van der Waals surface area contributed by atoms with E-state index in [4.69, 9.17) is 5.73 Å². The molecule has 0 unspecified atom stereocenters. The standard InChI is InChI=1S/C16H27N3.HI/c1-13(2)10-11-18-15(17)19-12-16(3,4)14-8-6-5-7-9-14;/h5-9,13H,10-12H2,1-4H3,(H3,17,18,19);1H. The van der Waals surface area contributed by atoms with Gasteiger partial charge in [-0.3, -0.25) is 4.99 Å². The average molecular weight is 389 g/mol. The number of nitrogens with two attached hydrogens (primary N) is 1. The van der Waals surface area contributed by atoms with Gasteiger partial charge >= 0.3 is 0 Å². The van der Waals surface area contributed by atoms with Gasteiger partial charge in [-0.05, 0) is 17.9 Å². The largest absolute Gasteiger partial charge is 0.370 e. The molecule has 0 bridgehead atoms. The van der Waals surface area contributed by atoms with E-state index in [0.717, 1.165) is 13.0 Å². The van der Waals surface area contributed by atoms with E-state index in [1.165, 1.54) is 5.56 Å². The fourth-order valence-corrected chi connectivity index (χ4v) is 1.81. The molecule has 1 aromatic carbocycles. The number of rotatable bonds is 6. The number of aliphatic imine (C=N–C) groups is 1. The van der Waals surface area contributed by atoms with Crippen molar-refractivity contribution in [3.05, 3.63) is 35.9 Å². The van der Waals surface area contributed by atoms with Crippen molar-refractivity contribution in [1.29, 1.82) is 0 Å². The highest BCUT2D eigenvalue weighted by Gasteiger charge is 2.19. The van der Waals surface area contributed by atoms with Gasteiger partial charge in [0.15, 0.2) is 5.96 Å². The van der Waals surface area contributed by atoms with Crippen LogP contribution in [-0.2, 0) is 5.41 Å². The number of halogens is 1. The molecule has 0 heterocycles. The highest BCUT2D eigenvalue weighted by molar-refractivity contribution is 14.0. The zero-order chi connectivity index (χ0) is 14.3. The molecular formula is C16H28IN3.